The summed E-state index contributed by atoms with van der Waals surface area (Å²) in [5.74, 6) is 0.264. The molecule has 0 radical (unpaired) electrons. The van der Waals surface area contributed by atoms with Crippen LogP contribution in [0.4, 0.5) is 0 Å². The summed E-state index contributed by atoms with van der Waals surface area (Å²) < 4.78 is 7.09. The van der Waals surface area contributed by atoms with E-state index in [9.17, 15) is 5.11 Å². The van der Waals surface area contributed by atoms with Gasteiger partial charge in [0.25, 0.3) is 0 Å². The van der Waals surface area contributed by atoms with Crippen molar-refractivity contribution in [3.05, 3.63) is 24.0 Å². The van der Waals surface area contributed by atoms with Crippen molar-refractivity contribution in [2.75, 3.05) is 13.7 Å². The number of nitrogens with zero attached hydrogens (tertiary/aromatic N) is 1. The van der Waals surface area contributed by atoms with E-state index in [1.807, 2.05) is 32.3 Å². The molecule has 1 rings (SSSR count). The average molecular weight is 211 g/mol. The Morgan fingerprint density at radius 2 is 2.20 bits per heavy atom. The number of aliphatic hydroxyl groups excluding tert-OH is 1. The van der Waals surface area contributed by atoms with Crippen molar-refractivity contribution >= 4 is 0 Å². The standard InChI is InChI=1S/C12H21NO2/c1-10(2)12(14)11-5-7-13(9-11)6-4-8-15-3/h5,7,9-10,12,14H,4,6,8H2,1-3H3. The second kappa shape index (κ2) is 5.93. The van der Waals surface area contributed by atoms with E-state index in [1.165, 1.54) is 0 Å². The number of aliphatic hydroxyl groups is 1. The van der Waals surface area contributed by atoms with Gasteiger partial charge < -0.3 is 14.4 Å². The number of hydrogen-bond donors (Lipinski definition) is 1. The van der Waals surface area contributed by atoms with Gasteiger partial charge in [0.15, 0.2) is 0 Å². The number of hydrogen-bond acceptors (Lipinski definition) is 2. The third-order valence-corrected chi connectivity index (χ3v) is 2.51. The van der Waals surface area contributed by atoms with Gasteiger partial charge in [-0.05, 0) is 24.0 Å². The fourth-order valence-corrected chi connectivity index (χ4v) is 1.55. The van der Waals surface area contributed by atoms with Crippen molar-refractivity contribution in [3.63, 3.8) is 0 Å². The van der Waals surface area contributed by atoms with E-state index < -0.39 is 0 Å². The summed E-state index contributed by atoms with van der Waals surface area (Å²) in [6, 6.07) is 1.98. The first-order valence-electron chi connectivity index (χ1n) is 5.48. The van der Waals surface area contributed by atoms with Gasteiger partial charge in [-0.1, -0.05) is 13.8 Å². The van der Waals surface area contributed by atoms with Crippen LogP contribution in [0.2, 0.25) is 0 Å². The first kappa shape index (κ1) is 12.3. The second-order valence-corrected chi connectivity index (χ2v) is 4.22. The van der Waals surface area contributed by atoms with E-state index in [-0.39, 0.29) is 12.0 Å². The minimum absolute atomic E-state index is 0.264. The van der Waals surface area contributed by atoms with Crippen molar-refractivity contribution in [2.45, 2.75) is 32.9 Å². The fraction of sp³-hybridized carbons (Fsp3) is 0.667. The Labute approximate surface area is 91.7 Å². The lowest BCUT2D eigenvalue weighted by Gasteiger charge is -2.12. The third kappa shape index (κ3) is 3.68. The maximum absolute atomic E-state index is 9.84. The zero-order valence-electron chi connectivity index (χ0n) is 9.81. The Morgan fingerprint density at radius 1 is 1.47 bits per heavy atom. The van der Waals surface area contributed by atoms with Crippen molar-refractivity contribution in [2.24, 2.45) is 5.92 Å². The third-order valence-electron chi connectivity index (χ3n) is 2.51. The molecule has 0 spiro atoms. The van der Waals surface area contributed by atoms with Crippen LogP contribution in [0.1, 0.15) is 31.9 Å². The molecule has 0 aromatic carbocycles. The molecule has 3 nitrogen and oxygen atoms in total. The van der Waals surface area contributed by atoms with Crippen LogP contribution in [0.3, 0.4) is 0 Å². The molecule has 1 unspecified atom stereocenters. The van der Waals surface area contributed by atoms with E-state index in [0.717, 1.165) is 25.1 Å². The van der Waals surface area contributed by atoms with Crippen LogP contribution in [0.15, 0.2) is 18.5 Å². The number of methoxy groups -OCH3 is 1. The summed E-state index contributed by atoms with van der Waals surface area (Å²) in [5, 5.41) is 9.84. The molecule has 15 heavy (non-hydrogen) atoms. The van der Waals surface area contributed by atoms with Crippen LogP contribution >= 0.6 is 0 Å². The highest BCUT2D eigenvalue weighted by atomic mass is 16.5. The van der Waals surface area contributed by atoms with Crippen LogP contribution in [-0.2, 0) is 11.3 Å². The number of ether oxygens (including phenoxy) is 1. The first-order valence-corrected chi connectivity index (χ1v) is 5.48. The molecule has 0 bridgehead atoms. The van der Waals surface area contributed by atoms with E-state index in [2.05, 4.69) is 4.57 Å². The highest BCUT2D eigenvalue weighted by molar-refractivity contribution is 5.13. The second-order valence-electron chi connectivity index (χ2n) is 4.22. The van der Waals surface area contributed by atoms with Crippen molar-refractivity contribution in [1.82, 2.24) is 4.57 Å². The summed E-state index contributed by atoms with van der Waals surface area (Å²) in [7, 11) is 1.71. The molecule has 0 aliphatic heterocycles. The van der Waals surface area contributed by atoms with Gasteiger partial charge >= 0.3 is 0 Å². The molecular weight excluding hydrogens is 190 g/mol. The van der Waals surface area contributed by atoms with Crippen LogP contribution < -0.4 is 0 Å². The molecule has 1 aromatic heterocycles. The molecule has 1 atom stereocenters. The van der Waals surface area contributed by atoms with Crippen LogP contribution in [0, 0.1) is 5.92 Å². The molecule has 86 valence electrons. The summed E-state index contributed by atoms with van der Waals surface area (Å²) in [6.07, 6.45) is 4.67. The zero-order valence-corrected chi connectivity index (χ0v) is 9.81. The van der Waals surface area contributed by atoms with E-state index in [1.54, 1.807) is 7.11 Å². The first-order chi connectivity index (χ1) is 7.15. The lowest BCUT2D eigenvalue weighted by molar-refractivity contribution is 0.127. The monoisotopic (exact) mass is 211 g/mol. The number of aromatic nitrogens is 1. The summed E-state index contributed by atoms with van der Waals surface area (Å²) in [4.78, 5) is 0. The Morgan fingerprint density at radius 3 is 2.80 bits per heavy atom. The van der Waals surface area contributed by atoms with Crippen molar-refractivity contribution < 1.29 is 9.84 Å². The predicted molar refractivity (Wildman–Crippen MR) is 60.7 cm³/mol. The smallest absolute Gasteiger partial charge is 0.0827 e. The molecule has 0 fully saturated rings. The molecule has 0 saturated heterocycles. The molecule has 0 amide bonds. The molecule has 0 saturated carbocycles. The quantitative estimate of drug-likeness (QED) is 0.732. The maximum Gasteiger partial charge on any atom is 0.0827 e. The van der Waals surface area contributed by atoms with E-state index >= 15 is 0 Å². The Bertz CT molecular complexity index is 281. The lowest BCUT2D eigenvalue weighted by Crippen LogP contribution is -2.04. The molecule has 0 aliphatic carbocycles. The van der Waals surface area contributed by atoms with Crippen LogP contribution in [0.25, 0.3) is 0 Å². The molecule has 1 aromatic rings. The van der Waals surface area contributed by atoms with Crippen molar-refractivity contribution in [1.29, 1.82) is 0 Å². The molecule has 3 heteroatoms. The lowest BCUT2D eigenvalue weighted by atomic mass is 10.0. The zero-order chi connectivity index (χ0) is 11.3. The van der Waals surface area contributed by atoms with E-state index in [4.69, 9.17) is 4.74 Å². The van der Waals surface area contributed by atoms with Gasteiger partial charge in [-0.3, -0.25) is 0 Å². The number of aryl methyl sites for hydroxylation is 1. The van der Waals surface area contributed by atoms with Gasteiger partial charge in [-0.25, -0.2) is 0 Å². The van der Waals surface area contributed by atoms with Crippen LogP contribution in [-0.4, -0.2) is 23.4 Å². The minimum atomic E-state index is -0.353. The van der Waals surface area contributed by atoms with Crippen LogP contribution in [0.5, 0.6) is 0 Å². The topological polar surface area (TPSA) is 34.4 Å². The normalized spacial score (nSPS) is 13.4. The highest BCUT2D eigenvalue weighted by Crippen LogP contribution is 2.21. The minimum Gasteiger partial charge on any atom is -0.388 e. The summed E-state index contributed by atoms with van der Waals surface area (Å²) in [5.41, 5.74) is 1.00. The average Bonchev–Trinajstić information content (AvgIpc) is 2.65. The Hall–Kier alpha value is -0.800. The van der Waals surface area contributed by atoms with Crippen molar-refractivity contribution in [3.8, 4) is 0 Å². The summed E-state index contributed by atoms with van der Waals surface area (Å²) >= 11 is 0. The van der Waals surface area contributed by atoms with Gasteiger partial charge in [0, 0.05) is 32.7 Å². The largest absolute Gasteiger partial charge is 0.388 e. The van der Waals surface area contributed by atoms with Gasteiger partial charge in [0.2, 0.25) is 0 Å². The Kier molecular flexibility index (Phi) is 4.85. The predicted octanol–water partition coefficient (Wildman–Crippen LogP) is 2.21. The highest BCUT2D eigenvalue weighted by Gasteiger charge is 2.12. The summed E-state index contributed by atoms with van der Waals surface area (Å²) in [6.45, 7) is 5.76. The Balaban J connectivity index is 2.48. The van der Waals surface area contributed by atoms with Gasteiger partial charge in [0.05, 0.1) is 6.10 Å². The maximum atomic E-state index is 9.84. The molecule has 1 N–H and O–H groups in total. The van der Waals surface area contributed by atoms with Gasteiger partial charge in [-0.15, -0.1) is 0 Å². The number of rotatable bonds is 6. The SMILES string of the molecule is COCCCn1ccc(C(O)C(C)C)c1. The van der Waals surface area contributed by atoms with Gasteiger partial charge in [0.1, 0.15) is 0 Å². The molecule has 0 aliphatic rings. The van der Waals surface area contributed by atoms with Gasteiger partial charge in [-0.2, -0.15) is 0 Å². The van der Waals surface area contributed by atoms with E-state index in [0.29, 0.717) is 0 Å². The molecular formula is C12H21NO2. The fourth-order valence-electron chi connectivity index (χ4n) is 1.55. The molecule has 1 heterocycles.